The van der Waals surface area contributed by atoms with Crippen LogP contribution in [0, 0.1) is 52.3 Å². The Morgan fingerprint density at radius 2 is 1.67 bits per heavy atom. The summed E-state index contributed by atoms with van der Waals surface area (Å²) < 4.78 is 5.70. The van der Waals surface area contributed by atoms with Gasteiger partial charge in [0.25, 0.3) is 0 Å². The number of aliphatic hydroxyl groups excluding tert-OH is 1. The van der Waals surface area contributed by atoms with E-state index in [4.69, 9.17) is 4.74 Å². The zero-order valence-corrected chi connectivity index (χ0v) is 25.3. The van der Waals surface area contributed by atoms with Crippen LogP contribution in [0.2, 0.25) is 0 Å². The number of nitrogens with one attached hydrogen (secondary N) is 1. The first-order valence-corrected chi connectivity index (χ1v) is 16.3. The molecule has 0 unspecified atom stereocenters. The second kappa shape index (κ2) is 11.7. The number of carbonyl (C=O) groups is 1. The number of hydrogen-bond donors (Lipinski definition) is 2. The third kappa shape index (κ3) is 5.79. The third-order valence-corrected chi connectivity index (χ3v) is 12.4. The topological polar surface area (TPSA) is 58.6 Å². The van der Waals surface area contributed by atoms with Crippen LogP contribution < -0.4 is 5.32 Å². The first kappa shape index (κ1) is 29.0. The molecule has 4 aliphatic rings. The fourth-order valence-electron chi connectivity index (χ4n) is 10.4. The Morgan fingerprint density at radius 1 is 0.949 bits per heavy atom. The predicted molar refractivity (Wildman–Crippen MR) is 158 cm³/mol. The fourth-order valence-corrected chi connectivity index (χ4v) is 10.4. The molecule has 0 heterocycles. The van der Waals surface area contributed by atoms with Crippen molar-refractivity contribution in [3.8, 4) is 0 Å². The zero-order chi connectivity index (χ0) is 27.8. The normalized spacial score (nSPS) is 40.3. The molecule has 0 aromatic heterocycles. The molecule has 39 heavy (non-hydrogen) atoms. The van der Waals surface area contributed by atoms with Crippen molar-refractivity contribution in [1.82, 2.24) is 5.32 Å². The van der Waals surface area contributed by atoms with Crippen molar-refractivity contribution in [3.05, 3.63) is 35.9 Å². The number of fused-ring (bicyclic) bond motifs is 5. The number of ether oxygens (including phenoxy) is 1. The van der Waals surface area contributed by atoms with E-state index in [1.54, 1.807) is 0 Å². The molecule has 1 aromatic rings. The average molecular weight is 538 g/mol. The lowest BCUT2D eigenvalue weighted by Gasteiger charge is -2.63. The third-order valence-electron chi connectivity index (χ3n) is 12.4. The van der Waals surface area contributed by atoms with Crippen molar-refractivity contribution in [3.63, 3.8) is 0 Å². The molecule has 2 N–H and O–H groups in total. The van der Waals surface area contributed by atoms with Gasteiger partial charge in [0, 0.05) is 6.04 Å². The van der Waals surface area contributed by atoms with Crippen molar-refractivity contribution in [1.29, 1.82) is 0 Å². The molecular formula is C35H55NO3. The highest BCUT2D eigenvalue weighted by atomic mass is 16.5. The van der Waals surface area contributed by atoms with Crippen LogP contribution in [-0.2, 0) is 11.3 Å². The van der Waals surface area contributed by atoms with Crippen molar-refractivity contribution in [2.75, 3.05) is 0 Å². The average Bonchev–Trinajstić information content (AvgIpc) is 3.26. The van der Waals surface area contributed by atoms with Gasteiger partial charge < -0.3 is 15.2 Å². The van der Waals surface area contributed by atoms with E-state index in [0.717, 1.165) is 54.9 Å². The number of benzene rings is 1. The van der Waals surface area contributed by atoms with Crippen LogP contribution >= 0.6 is 0 Å². The Morgan fingerprint density at radius 3 is 2.41 bits per heavy atom. The lowest BCUT2D eigenvalue weighted by atomic mass is 9.43. The number of hydrogen-bond acceptors (Lipinski definition) is 3. The lowest BCUT2D eigenvalue weighted by Crippen LogP contribution is -2.61. The molecule has 4 heteroatoms. The quantitative estimate of drug-likeness (QED) is 0.350. The number of carbonyl (C=O) groups excluding carboxylic acids is 1. The predicted octanol–water partition coefficient (Wildman–Crippen LogP) is 8.37. The van der Waals surface area contributed by atoms with E-state index in [1.807, 2.05) is 30.3 Å². The Balaban J connectivity index is 1.32. The SMILES string of the molecule is CC(C)CCC[C@@H](C)[C@H]1CC[C@H]2[C@@H]3C[C@H](NC(=O)OCc4ccccc4)[C@H]4C[C@@H](O)CC[C@]4(C)[C@H]3CC[C@]12C. The van der Waals surface area contributed by atoms with Gasteiger partial charge in [0.1, 0.15) is 6.61 Å². The van der Waals surface area contributed by atoms with Gasteiger partial charge >= 0.3 is 6.09 Å². The zero-order valence-electron chi connectivity index (χ0n) is 25.3. The van der Waals surface area contributed by atoms with Crippen LogP contribution in [0.5, 0.6) is 0 Å². The first-order valence-electron chi connectivity index (χ1n) is 16.3. The highest BCUT2D eigenvalue weighted by molar-refractivity contribution is 5.67. The standard InChI is InChI=1S/C35H55NO3/c1-23(2)10-9-11-24(3)28-14-15-29-27-21-32(36-33(38)39-22-25-12-7-6-8-13-25)31-20-26(37)16-18-35(31,5)30(27)17-19-34(28,29)4/h6-8,12-13,23-24,26-32,37H,9-11,14-22H2,1-5H3,(H,36,38)/t24-,26+,27+,28-,29+,30+,31-,32+,34-,35-/m1/s1. The highest BCUT2D eigenvalue weighted by Gasteiger charge is 2.62. The van der Waals surface area contributed by atoms with E-state index in [0.29, 0.717) is 29.8 Å². The fraction of sp³-hybridized carbons (Fsp3) is 0.800. The molecule has 0 aliphatic heterocycles. The van der Waals surface area contributed by atoms with Crippen LogP contribution in [0.4, 0.5) is 4.79 Å². The van der Waals surface area contributed by atoms with Gasteiger partial charge in [0.15, 0.2) is 0 Å². The van der Waals surface area contributed by atoms with Crippen molar-refractivity contribution in [2.24, 2.45) is 52.3 Å². The molecule has 0 saturated heterocycles. The minimum absolute atomic E-state index is 0.0827. The summed E-state index contributed by atoms with van der Waals surface area (Å²) >= 11 is 0. The number of rotatable bonds is 8. The molecule has 4 fully saturated rings. The van der Waals surface area contributed by atoms with Crippen LogP contribution in [-0.4, -0.2) is 23.3 Å². The molecule has 10 atom stereocenters. The van der Waals surface area contributed by atoms with Crippen LogP contribution in [0.15, 0.2) is 30.3 Å². The smallest absolute Gasteiger partial charge is 0.407 e. The molecule has 4 nitrogen and oxygen atoms in total. The summed E-state index contributed by atoms with van der Waals surface area (Å²) in [5.41, 5.74) is 1.62. The van der Waals surface area contributed by atoms with E-state index in [-0.39, 0.29) is 23.7 Å². The second-order valence-electron chi connectivity index (χ2n) is 15.0. The number of alkyl carbamates (subject to hydrolysis) is 1. The van der Waals surface area contributed by atoms with Gasteiger partial charge in [-0.2, -0.15) is 0 Å². The molecule has 5 rings (SSSR count). The van der Waals surface area contributed by atoms with Gasteiger partial charge in [-0.15, -0.1) is 0 Å². The van der Waals surface area contributed by atoms with Gasteiger partial charge in [-0.1, -0.05) is 84.2 Å². The van der Waals surface area contributed by atoms with E-state index >= 15 is 0 Å². The Hall–Kier alpha value is -1.55. The summed E-state index contributed by atoms with van der Waals surface area (Å²) in [7, 11) is 0. The van der Waals surface area contributed by atoms with Gasteiger partial charge in [-0.3, -0.25) is 0 Å². The van der Waals surface area contributed by atoms with E-state index in [9.17, 15) is 9.90 Å². The molecule has 218 valence electrons. The van der Waals surface area contributed by atoms with E-state index in [1.165, 1.54) is 44.9 Å². The molecule has 1 aromatic carbocycles. The summed E-state index contributed by atoms with van der Waals surface area (Å²) in [6, 6.07) is 10.0. The van der Waals surface area contributed by atoms with Crippen molar-refractivity contribution >= 4 is 6.09 Å². The van der Waals surface area contributed by atoms with E-state index in [2.05, 4.69) is 39.9 Å². The highest BCUT2D eigenvalue weighted by Crippen LogP contribution is 2.68. The molecule has 4 saturated carbocycles. The maximum absolute atomic E-state index is 13.1. The summed E-state index contributed by atoms with van der Waals surface area (Å²) in [6.07, 6.45) is 12.8. The molecule has 0 radical (unpaired) electrons. The van der Waals surface area contributed by atoms with Crippen LogP contribution in [0.25, 0.3) is 0 Å². The van der Waals surface area contributed by atoms with Crippen LogP contribution in [0.1, 0.15) is 111 Å². The maximum atomic E-state index is 13.1. The molecule has 4 aliphatic carbocycles. The lowest BCUT2D eigenvalue weighted by molar-refractivity contribution is -0.140. The second-order valence-corrected chi connectivity index (χ2v) is 15.0. The summed E-state index contributed by atoms with van der Waals surface area (Å²) in [5.74, 6) is 4.87. The molecule has 1 amide bonds. The van der Waals surface area contributed by atoms with Crippen molar-refractivity contribution < 1.29 is 14.6 Å². The molecule has 0 spiro atoms. The van der Waals surface area contributed by atoms with Gasteiger partial charge in [0.05, 0.1) is 6.10 Å². The molecular weight excluding hydrogens is 482 g/mol. The van der Waals surface area contributed by atoms with Gasteiger partial charge in [-0.05, 0) is 109 Å². The maximum Gasteiger partial charge on any atom is 0.407 e. The molecule has 0 bridgehead atoms. The van der Waals surface area contributed by atoms with E-state index < -0.39 is 0 Å². The summed E-state index contributed by atoms with van der Waals surface area (Å²) in [6.45, 7) is 12.7. The monoisotopic (exact) mass is 537 g/mol. The number of aliphatic hydroxyl groups is 1. The van der Waals surface area contributed by atoms with Gasteiger partial charge in [0.2, 0.25) is 0 Å². The Bertz CT molecular complexity index is 964. The number of amides is 1. The largest absolute Gasteiger partial charge is 0.445 e. The van der Waals surface area contributed by atoms with Gasteiger partial charge in [-0.25, -0.2) is 4.79 Å². The summed E-state index contributed by atoms with van der Waals surface area (Å²) in [4.78, 5) is 13.1. The minimum atomic E-state index is -0.300. The minimum Gasteiger partial charge on any atom is -0.445 e. The Labute approximate surface area is 238 Å². The Kier molecular flexibility index (Phi) is 8.72. The first-order chi connectivity index (χ1) is 18.6. The summed E-state index contributed by atoms with van der Waals surface area (Å²) in [5, 5.41) is 14.1. The van der Waals surface area contributed by atoms with Crippen molar-refractivity contribution in [2.45, 2.75) is 124 Å². The van der Waals surface area contributed by atoms with Crippen LogP contribution in [0.3, 0.4) is 0 Å².